The third-order valence-corrected chi connectivity index (χ3v) is 4.78. The standard InChI is InChI=1S/C15H21NO4/c17-14(16-8-9-4-2-1-3-5-9)12-10-6-7-11(20-10)13(12)15(18)19/h6-7,9-13H,1-5,8H2,(H,16,17)(H,18,19)/t10-,11-,12+,13+/m1/s1. The summed E-state index contributed by atoms with van der Waals surface area (Å²) in [5, 5.41) is 12.2. The van der Waals surface area contributed by atoms with Gasteiger partial charge in [-0.05, 0) is 18.8 Å². The maximum atomic E-state index is 12.3. The molecular formula is C15H21NO4. The van der Waals surface area contributed by atoms with Gasteiger partial charge < -0.3 is 15.2 Å². The number of nitrogens with one attached hydrogen (secondary N) is 1. The second-order valence-electron chi connectivity index (χ2n) is 6.09. The summed E-state index contributed by atoms with van der Waals surface area (Å²) in [7, 11) is 0. The summed E-state index contributed by atoms with van der Waals surface area (Å²) in [5.41, 5.74) is 0. The van der Waals surface area contributed by atoms with E-state index < -0.39 is 23.9 Å². The van der Waals surface area contributed by atoms with Crippen LogP contribution in [0.4, 0.5) is 0 Å². The van der Waals surface area contributed by atoms with Crippen LogP contribution in [-0.2, 0) is 14.3 Å². The Hall–Kier alpha value is -1.36. The van der Waals surface area contributed by atoms with E-state index >= 15 is 0 Å². The molecule has 110 valence electrons. The summed E-state index contributed by atoms with van der Waals surface area (Å²) in [5.74, 6) is -1.88. The Morgan fingerprint density at radius 1 is 1.10 bits per heavy atom. The van der Waals surface area contributed by atoms with Crippen LogP contribution in [0.15, 0.2) is 12.2 Å². The molecule has 3 aliphatic rings. The van der Waals surface area contributed by atoms with Gasteiger partial charge in [-0.1, -0.05) is 31.4 Å². The van der Waals surface area contributed by atoms with Crippen LogP contribution in [0.1, 0.15) is 32.1 Å². The van der Waals surface area contributed by atoms with Crippen LogP contribution < -0.4 is 5.32 Å². The third-order valence-electron chi connectivity index (χ3n) is 4.78. The Kier molecular flexibility index (Phi) is 3.78. The minimum Gasteiger partial charge on any atom is -0.481 e. The molecule has 0 spiro atoms. The fourth-order valence-corrected chi connectivity index (χ4v) is 3.67. The number of rotatable bonds is 4. The molecule has 2 N–H and O–H groups in total. The molecule has 3 rings (SSSR count). The zero-order valence-corrected chi connectivity index (χ0v) is 11.5. The highest BCUT2D eigenvalue weighted by molar-refractivity contribution is 5.87. The first-order valence-corrected chi connectivity index (χ1v) is 7.51. The molecular weight excluding hydrogens is 258 g/mol. The number of ether oxygens (including phenoxy) is 1. The minimum absolute atomic E-state index is 0.167. The normalized spacial score (nSPS) is 36.2. The van der Waals surface area contributed by atoms with E-state index in [1.807, 2.05) is 6.08 Å². The molecule has 0 aromatic rings. The van der Waals surface area contributed by atoms with Gasteiger partial charge in [0, 0.05) is 6.54 Å². The molecule has 20 heavy (non-hydrogen) atoms. The Labute approximate surface area is 118 Å². The third kappa shape index (κ3) is 2.46. The van der Waals surface area contributed by atoms with Crippen molar-refractivity contribution in [3.8, 4) is 0 Å². The molecule has 1 saturated carbocycles. The van der Waals surface area contributed by atoms with E-state index in [9.17, 15) is 14.7 Å². The van der Waals surface area contributed by atoms with Gasteiger partial charge in [-0.15, -0.1) is 0 Å². The van der Waals surface area contributed by atoms with Crippen molar-refractivity contribution in [3.63, 3.8) is 0 Å². The number of amides is 1. The first-order valence-electron chi connectivity index (χ1n) is 7.51. The quantitative estimate of drug-likeness (QED) is 0.761. The first-order chi connectivity index (χ1) is 9.66. The molecule has 1 saturated heterocycles. The molecule has 4 atom stereocenters. The van der Waals surface area contributed by atoms with Gasteiger partial charge in [-0.25, -0.2) is 0 Å². The van der Waals surface area contributed by atoms with E-state index in [4.69, 9.17) is 4.74 Å². The van der Waals surface area contributed by atoms with E-state index in [1.165, 1.54) is 19.3 Å². The Bertz CT molecular complexity index is 428. The van der Waals surface area contributed by atoms with Crippen LogP contribution in [-0.4, -0.2) is 35.7 Å². The summed E-state index contributed by atoms with van der Waals surface area (Å²) in [4.78, 5) is 23.6. The van der Waals surface area contributed by atoms with E-state index in [1.54, 1.807) is 6.08 Å². The summed E-state index contributed by atoms with van der Waals surface area (Å²) < 4.78 is 5.52. The van der Waals surface area contributed by atoms with E-state index in [-0.39, 0.29) is 12.0 Å². The van der Waals surface area contributed by atoms with Gasteiger partial charge in [0.15, 0.2) is 0 Å². The molecule has 2 heterocycles. The van der Waals surface area contributed by atoms with Crippen molar-refractivity contribution < 1.29 is 19.4 Å². The number of carboxylic acid groups (broad SMARTS) is 1. The van der Waals surface area contributed by atoms with Crippen LogP contribution in [0.2, 0.25) is 0 Å². The monoisotopic (exact) mass is 279 g/mol. The zero-order chi connectivity index (χ0) is 14.1. The highest BCUT2D eigenvalue weighted by Gasteiger charge is 2.53. The molecule has 0 aromatic heterocycles. The van der Waals surface area contributed by atoms with Crippen LogP contribution in [0.5, 0.6) is 0 Å². The summed E-state index contributed by atoms with van der Waals surface area (Å²) >= 11 is 0. The number of hydrogen-bond donors (Lipinski definition) is 2. The predicted molar refractivity (Wildman–Crippen MR) is 72.0 cm³/mol. The van der Waals surface area contributed by atoms with E-state index in [0.29, 0.717) is 12.5 Å². The maximum Gasteiger partial charge on any atom is 0.310 e. The molecule has 5 nitrogen and oxygen atoms in total. The van der Waals surface area contributed by atoms with Gasteiger partial charge in [0.25, 0.3) is 0 Å². The summed E-state index contributed by atoms with van der Waals surface area (Å²) in [6.45, 7) is 0.669. The van der Waals surface area contributed by atoms with Crippen molar-refractivity contribution in [2.75, 3.05) is 6.54 Å². The van der Waals surface area contributed by atoms with Crippen LogP contribution in [0.25, 0.3) is 0 Å². The SMILES string of the molecule is O=C(O)[C@@H]1[C@@H](C(=O)NCC2CCCCC2)[C@H]2C=C[C@H]1O2. The number of carbonyl (C=O) groups excluding carboxylic acids is 1. The number of carbonyl (C=O) groups is 2. The van der Waals surface area contributed by atoms with Gasteiger partial charge in [0.1, 0.15) is 5.92 Å². The van der Waals surface area contributed by atoms with Crippen molar-refractivity contribution in [2.24, 2.45) is 17.8 Å². The van der Waals surface area contributed by atoms with Gasteiger partial charge in [-0.2, -0.15) is 0 Å². The highest BCUT2D eigenvalue weighted by atomic mass is 16.5. The van der Waals surface area contributed by atoms with Crippen LogP contribution in [0.3, 0.4) is 0 Å². The Morgan fingerprint density at radius 2 is 1.75 bits per heavy atom. The minimum atomic E-state index is -0.945. The van der Waals surface area contributed by atoms with E-state index in [0.717, 1.165) is 12.8 Å². The van der Waals surface area contributed by atoms with Crippen LogP contribution in [0, 0.1) is 17.8 Å². The lowest BCUT2D eigenvalue weighted by atomic mass is 9.82. The van der Waals surface area contributed by atoms with Crippen molar-refractivity contribution in [3.05, 3.63) is 12.2 Å². The van der Waals surface area contributed by atoms with Gasteiger partial charge in [0.2, 0.25) is 5.91 Å². The van der Waals surface area contributed by atoms with Crippen molar-refractivity contribution in [1.82, 2.24) is 5.32 Å². The van der Waals surface area contributed by atoms with Gasteiger partial charge in [-0.3, -0.25) is 9.59 Å². The number of fused-ring (bicyclic) bond motifs is 2. The fourth-order valence-electron chi connectivity index (χ4n) is 3.67. The van der Waals surface area contributed by atoms with Gasteiger partial charge >= 0.3 is 5.97 Å². The Balaban J connectivity index is 1.58. The molecule has 2 aliphatic heterocycles. The van der Waals surface area contributed by atoms with Crippen molar-refractivity contribution in [2.45, 2.75) is 44.3 Å². The van der Waals surface area contributed by atoms with Crippen LogP contribution >= 0.6 is 0 Å². The van der Waals surface area contributed by atoms with Crippen molar-refractivity contribution >= 4 is 11.9 Å². The molecule has 2 fully saturated rings. The molecule has 1 aliphatic carbocycles. The summed E-state index contributed by atoms with van der Waals surface area (Å²) in [6, 6.07) is 0. The number of aliphatic carboxylic acids is 1. The average Bonchev–Trinajstić information content (AvgIpc) is 3.06. The number of carboxylic acids is 1. The molecule has 0 aromatic carbocycles. The molecule has 5 heteroatoms. The highest BCUT2D eigenvalue weighted by Crippen LogP contribution is 2.39. The zero-order valence-electron chi connectivity index (χ0n) is 11.5. The largest absolute Gasteiger partial charge is 0.481 e. The fraction of sp³-hybridized carbons (Fsp3) is 0.733. The lowest BCUT2D eigenvalue weighted by Gasteiger charge is -2.25. The average molecular weight is 279 g/mol. The van der Waals surface area contributed by atoms with Crippen molar-refractivity contribution in [1.29, 1.82) is 0 Å². The second-order valence-corrected chi connectivity index (χ2v) is 6.09. The molecule has 0 radical (unpaired) electrons. The number of hydrogen-bond acceptors (Lipinski definition) is 3. The molecule has 2 bridgehead atoms. The van der Waals surface area contributed by atoms with E-state index in [2.05, 4.69) is 5.32 Å². The predicted octanol–water partition coefficient (Wildman–Crippen LogP) is 1.34. The topological polar surface area (TPSA) is 75.6 Å². The second kappa shape index (κ2) is 5.56. The summed E-state index contributed by atoms with van der Waals surface area (Å²) in [6.07, 6.45) is 8.84. The lowest BCUT2D eigenvalue weighted by Crippen LogP contribution is -2.43. The smallest absolute Gasteiger partial charge is 0.310 e. The lowest BCUT2D eigenvalue weighted by molar-refractivity contribution is -0.146. The molecule has 0 unspecified atom stereocenters. The Morgan fingerprint density at radius 3 is 2.40 bits per heavy atom. The maximum absolute atomic E-state index is 12.3. The molecule has 1 amide bonds. The van der Waals surface area contributed by atoms with Gasteiger partial charge in [0.05, 0.1) is 18.1 Å². The first kappa shape index (κ1) is 13.6.